The van der Waals surface area contributed by atoms with Crippen LogP contribution in [-0.2, 0) is 30.5 Å². The van der Waals surface area contributed by atoms with E-state index < -0.39 is 11.7 Å². The highest BCUT2D eigenvalue weighted by Gasteiger charge is 2.31. The molecule has 1 N–H and O–H groups in total. The van der Waals surface area contributed by atoms with Gasteiger partial charge in [-0.2, -0.15) is 13.2 Å². The van der Waals surface area contributed by atoms with Crippen LogP contribution in [0.5, 0.6) is 0 Å². The maximum absolute atomic E-state index is 13.1. The van der Waals surface area contributed by atoms with E-state index in [-0.39, 0.29) is 0 Å². The predicted molar refractivity (Wildman–Crippen MR) is 142 cm³/mol. The molecular formula is C29H34F3N5O. The highest BCUT2D eigenvalue weighted by atomic mass is 19.4. The number of ether oxygens (including phenoxy) is 1. The number of likely N-dealkylation sites (tertiary alicyclic amines) is 1. The van der Waals surface area contributed by atoms with Gasteiger partial charge in [0.2, 0.25) is 0 Å². The fourth-order valence-corrected chi connectivity index (χ4v) is 5.46. The molecule has 0 aliphatic carbocycles. The van der Waals surface area contributed by atoms with Crippen molar-refractivity contribution in [2.24, 2.45) is 0 Å². The number of rotatable bonds is 7. The Hall–Kier alpha value is -3.30. The highest BCUT2D eigenvalue weighted by Crippen LogP contribution is 2.33. The first kappa shape index (κ1) is 26.3. The molecule has 38 heavy (non-hydrogen) atoms. The summed E-state index contributed by atoms with van der Waals surface area (Å²) in [6, 6.07) is 14.0. The van der Waals surface area contributed by atoms with Gasteiger partial charge in [-0.15, -0.1) is 0 Å². The summed E-state index contributed by atoms with van der Waals surface area (Å²) in [6.45, 7) is 10.8. The zero-order valence-corrected chi connectivity index (χ0v) is 21.9. The molecule has 6 nitrogen and oxygen atoms in total. The molecular weight excluding hydrogens is 491 g/mol. The van der Waals surface area contributed by atoms with Gasteiger partial charge in [-0.1, -0.05) is 36.9 Å². The largest absolute Gasteiger partial charge is 0.416 e. The molecule has 1 saturated heterocycles. The van der Waals surface area contributed by atoms with Gasteiger partial charge in [-0.25, -0.2) is 4.98 Å². The Labute approximate surface area is 221 Å². The van der Waals surface area contributed by atoms with Crippen molar-refractivity contribution < 1.29 is 17.9 Å². The van der Waals surface area contributed by atoms with Crippen LogP contribution in [0.2, 0.25) is 0 Å². The lowest BCUT2D eigenvalue weighted by atomic mass is 10.00. The van der Waals surface area contributed by atoms with Crippen LogP contribution < -0.4 is 5.32 Å². The van der Waals surface area contributed by atoms with Crippen LogP contribution in [0, 0.1) is 6.92 Å². The van der Waals surface area contributed by atoms with Gasteiger partial charge in [0.25, 0.3) is 0 Å². The summed E-state index contributed by atoms with van der Waals surface area (Å²) in [7, 11) is 1.64. The summed E-state index contributed by atoms with van der Waals surface area (Å²) < 4.78 is 46.6. The Bertz CT molecular complexity index is 1280. The summed E-state index contributed by atoms with van der Waals surface area (Å²) in [5.41, 5.74) is 4.39. The normalized spacial score (nSPS) is 17.0. The third kappa shape index (κ3) is 5.44. The van der Waals surface area contributed by atoms with Crippen LogP contribution in [-0.4, -0.2) is 52.2 Å². The third-order valence-electron chi connectivity index (χ3n) is 7.66. The lowest BCUT2D eigenvalue weighted by molar-refractivity contribution is -0.137. The van der Waals surface area contributed by atoms with Gasteiger partial charge < -0.3 is 19.5 Å². The van der Waals surface area contributed by atoms with E-state index in [0.29, 0.717) is 37.1 Å². The van der Waals surface area contributed by atoms with Gasteiger partial charge in [0.05, 0.1) is 23.7 Å². The van der Waals surface area contributed by atoms with E-state index in [9.17, 15) is 13.2 Å². The van der Waals surface area contributed by atoms with Gasteiger partial charge >= 0.3 is 6.18 Å². The predicted octanol–water partition coefficient (Wildman–Crippen LogP) is 5.89. The van der Waals surface area contributed by atoms with E-state index in [4.69, 9.17) is 9.72 Å². The Morgan fingerprint density at radius 3 is 2.47 bits per heavy atom. The van der Waals surface area contributed by atoms with Crippen molar-refractivity contribution >= 4 is 5.69 Å². The maximum atomic E-state index is 13.1. The minimum Gasteiger partial charge on any atom is -0.383 e. The van der Waals surface area contributed by atoms with E-state index in [1.807, 2.05) is 13.0 Å². The number of alkyl halides is 3. The smallest absolute Gasteiger partial charge is 0.383 e. The summed E-state index contributed by atoms with van der Waals surface area (Å²) >= 11 is 0. The Morgan fingerprint density at radius 2 is 1.79 bits per heavy atom. The minimum atomic E-state index is -4.36. The first-order valence-electron chi connectivity index (χ1n) is 13.0. The Balaban J connectivity index is 1.28. The van der Waals surface area contributed by atoms with Gasteiger partial charge in [0, 0.05) is 62.8 Å². The second-order valence-electron chi connectivity index (χ2n) is 10.1. The molecule has 0 amide bonds. The summed E-state index contributed by atoms with van der Waals surface area (Å²) in [5, 5.41) is 3.45. The number of halogens is 3. The molecule has 0 spiro atoms. The number of nitrogens with one attached hydrogen (secondary N) is 1. The highest BCUT2D eigenvalue weighted by molar-refractivity contribution is 5.58. The van der Waals surface area contributed by atoms with Crippen molar-refractivity contribution in [3.63, 3.8) is 0 Å². The van der Waals surface area contributed by atoms with Crippen LogP contribution in [0.25, 0.3) is 11.4 Å². The molecule has 3 aromatic rings. The van der Waals surface area contributed by atoms with Gasteiger partial charge in [0.15, 0.2) is 0 Å². The van der Waals surface area contributed by atoms with Crippen LogP contribution >= 0.6 is 0 Å². The van der Waals surface area contributed by atoms with Crippen LogP contribution in [0.1, 0.15) is 35.4 Å². The fourth-order valence-electron chi connectivity index (χ4n) is 5.46. The number of hydrogen-bond donors (Lipinski definition) is 1. The average molecular weight is 526 g/mol. The number of hydrogen-bond acceptors (Lipinski definition) is 5. The fraction of sp³-hybridized carbons (Fsp3) is 0.414. The molecule has 0 bridgehead atoms. The van der Waals surface area contributed by atoms with Gasteiger partial charge in [-0.05, 0) is 43.5 Å². The monoisotopic (exact) mass is 525 g/mol. The lowest BCUT2D eigenvalue weighted by Gasteiger charge is -2.43. The average Bonchev–Trinajstić information content (AvgIpc) is 3.21. The molecule has 2 aliphatic heterocycles. The second kappa shape index (κ2) is 10.8. The summed E-state index contributed by atoms with van der Waals surface area (Å²) in [6.07, 6.45) is -2.31. The zero-order valence-electron chi connectivity index (χ0n) is 21.9. The van der Waals surface area contributed by atoms with Crippen LogP contribution in [0.4, 0.5) is 18.9 Å². The van der Waals surface area contributed by atoms with E-state index in [1.165, 1.54) is 17.7 Å². The Kier molecular flexibility index (Phi) is 7.49. The first-order valence-corrected chi connectivity index (χ1v) is 13.0. The number of fused-ring (bicyclic) bond motifs is 1. The second-order valence-corrected chi connectivity index (χ2v) is 10.1. The number of piperidine rings is 1. The van der Waals surface area contributed by atoms with Crippen molar-refractivity contribution in [2.75, 3.05) is 32.1 Å². The number of nitrogens with zero attached hydrogens (tertiary/aromatic N) is 4. The Morgan fingerprint density at radius 1 is 1.08 bits per heavy atom. The molecule has 9 heteroatoms. The van der Waals surface area contributed by atoms with Crippen molar-refractivity contribution in [3.8, 4) is 11.4 Å². The van der Waals surface area contributed by atoms with E-state index in [1.54, 1.807) is 7.11 Å². The van der Waals surface area contributed by atoms with Crippen molar-refractivity contribution in [1.82, 2.24) is 19.4 Å². The van der Waals surface area contributed by atoms with Crippen LogP contribution in [0.15, 0.2) is 60.9 Å². The molecule has 1 fully saturated rings. The van der Waals surface area contributed by atoms with Crippen molar-refractivity contribution in [3.05, 3.63) is 83.4 Å². The molecule has 2 aliphatic rings. The molecule has 0 radical (unpaired) electrons. The molecule has 5 rings (SSSR count). The molecule has 3 heterocycles. The topological polar surface area (TPSA) is 45.6 Å². The van der Waals surface area contributed by atoms with Crippen molar-refractivity contribution in [2.45, 2.75) is 51.6 Å². The molecule has 2 aromatic carbocycles. The summed E-state index contributed by atoms with van der Waals surface area (Å²) in [4.78, 5) is 9.71. The lowest BCUT2D eigenvalue weighted by Crippen LogP contribution is -2.46. The maximum Gasteiger partial charge on any atom is 0.416 e. The third-order valence-corrected chi connectivity index (χ3v) is 7.66. The minimum absolute atomic E-state index is 0.419. The summed E-state index contributed by atoms with van der Waals surface area (Å²) in [5.74, 6) is 1.63. The van der Waals surface area contributed by atoms with Gasteiger partial charge in [0.1, 0.15) is 5.82 Å². The van der Waals surface area contributed by atoms with E-state index >= 15 is 0 Å². The number of anilines is 1. The first-order chi connectivity index (χ1) is 18.2. The standard InChI is InChI=1S/C29H34F3N5O/c1-20-27(34-28(36(20)16-17-38-3)22-8-10-24(11-9-22)29(30,31)32)19-35-14-12-25(13-15-35)37-18-23-6-4-5-7-26(23)33-21(37)2/h4-11,25,33H,2,12-19H2,1,3H3. The zero-order chi connectivity index (χ0) is 26.9. The van der Waals surface area contributed by atoms with Gasteiger partial charge in [-0.3, -0.25) is 4.90 Å². The van der Waals surface area contributed by atoms with E-state index in [2.05, 4.69) is 44.5 Å². The van der Waals surface area contributed by atoms with Crippen molar-refractivity contribution in [1.29, 1.82) is 0 Å². The quantitative estimate of drug-likeness (QED) is 0.417. The molecule has 0 saturated carbocycles. The number of methoxy groups -OCH3 is 1. The van der Waals surface area contributed by atoms with E-state index in [0.717, 1.165) is 67.5 Å². The molecule has 0 unspecified atom stereocenters. The molecule has 0 atom stereocenters. The molecule has 202 valence electrons. The molecule has 1 aromatic heterocycles. The number of imidazole rings is 1. The number of para-hydroxylation sites is 1. The van der Waals surface area contributed by atoms with Crippen LogP contribution in [0.3, 0.4) is 0 Å². The number of aromatic nitrogens is 2. The SMILES string of the molecule is C=C1Nc2ccccc2CN1C1CCN(Cc2nc(-c3ccc(C(F)(F)F)cc3)n(CCOC)c2C)CC1. The number of benzene rings is 2.